The first-order chi connectivity index (χ1) is 8.53. The molecule has 1 aliphatic heterocycles. The minimum Gasteiger partial charge on any atom is -0.338 e. The Morgan fingerprint density at radius 3 is 2.94 bits per heavy atom. The Morgan fingerprint density at radius 2 is 2.17 bits per heavy atom. The topological polar surface area (TPSA) is 51.0 Å². The van der Waals surface area contributed by atoms with Crippen molar-refractivity contribution >= 4 is 0 Å². The van der Waals surface area contributed by atoms with E-state index in [4.69, 9.17) is 4.52 Å². The van der Waals surface area contributed by atoms with Gasteiger partial charge in [0.15, 0.2) is 5.82 Å². The zero-order valence-corrected chi connectivity index (χ0v) is 9.70. The number of rotatable bonds is 2. The summed E-state index contributed by atoms with van der Waals surface area (Å²) in [4.78, 5) is 3.88. The maximum Gasteiger partial charge on any atom is 0.396 e. The number of hydrogen-bond acceptors (Lipinski definition) is 4. The van der Waals surface area contributed by atoms with Gasteiger partial charge < -0.3 is 9.84 Å². The van der Waals surface area contributed by atoms with Gasteiger partial charge in [0.2, 0.25) is 5.89 Å². The molecule has 1 N–H and O–H groups in total. The molecule has 0 bridgehead atoms. The normalized spacial score (nSPS) is 31.8. The van der Waals surface area contributed by atoms with Crippen LogP contribution in [-0.4, -0.2) is 22.9 Å². The quantitative estimate of drug-likeness (QED) is 0.887. The van der Waals surface area contributed by atoms with Gasteiger partial charge in [-0.3, -0.25) is 0 Å². The largest absolute Gasteiger partial charge is 0.396 e. The van der Waals surface area contributed by atoms with Crippen molar-refractivity contribution in [2.45, 2.75) is 37.9 Å². The molecule has 18 heavy (non-hydrogen) atoms. The van der Waals surface area contributed by atoms with E-state index in [1.165, 1.54) is 12.8 Å². The van der Waals surface area contributed by atoms with Crippen molar-refractivity contribution in [3.8, 4) is 0 Å². The zero-order chi connectivity index (χ0) is 12.8. The second-order valence-corrected chi connectivity index (χ2v) is 5.08. The number of nitrogens with one attached hydrogen (secondary N) is 1. The maximum atomic E-state index is 12.2. The van der Waals surface area contributed by atoms with Crippen molar-refractivity contribution in [3.63, 3.8) is 0 Å². The van der Waals surface area contributed by atoms with Crippen molar-refractivity contribution in [1.29, 1.82) is 0 Å². The van der Waals surface area contributed by atoms with Gasteiger partial charge in [-0.25, -0.2) is 0 Å². The maximum absolute atomic E-state index is 12.2. The van der Waals surface area contributed by atoms with Gasteiger partial charge in [0.25, 0.3) is 0 Å². The summed E-state index contributed by atoms with van der Waals surface area (Å²) in [6, 6.07) is -0.0630. The van der Waals surface area contributed by atoms with Gasteiger partial charge in [-0.05, 0) is 31.2 Å². The van der Waals surface area contributed by atoms with Crippen LogP contribution in [0.1, 0.15) is 37.0 Å². The van der Waals surface area contributed by atoms with E-state index in [0.717, 1.165) is 13.0 Å². The third-order valence-corrected chi connectivity index (χ3v) is 3.85. The molecular formula is C11H14F3N3O. The van der Waals surface area contributed by atoms with E-state index in [9.17, 15) is 13.2 Å². The lowest BCUT2D eigenvalue weighted by molar-refractivity contribution is -0.128. The highest BCUT2D eigenvalue weighted by atomic mass is 19.4. The highest BCUT2D eigenvalue weighted by Crippen LogP contribution is 2.43. The summed E-state index contributed by atoms with van der Waals surface area (Å²) in [6.07, 6.45) is -1.98. The van der Waals surface area contributed by atoms with Crippen molar-refractivity contribution in [1.82, 2.24) is 15.5 Å². The van der Waals surface area contributed by atoms with Crippen molar-refractivity contribution < 1.29 is 17.7 Å². The second-order valence-electron chi connectivity index (χ2n) is 5.08. The fourth-order valence-electron chi connectivity index (χ4n) is 3.10. The molecule has 100 valence electrons. The second kappa shape index (κ2) is 4.22. The Balaban J connectivity index is 1.73. The monoisotopic (exact) mass is 261 g/mol. The van der Waals surface area contributed by atoms with Gasteiger partial charge in [-0.15, -0.1) is 0 Å². The molecule has 1 aromatic heterocycles. The summed E-state index contributed by atoms with van der Waals surface area (Å²) >= 11 is 0. The number of nitrogens with zero attached hydrogens (tertiary/aromatic N) is 2. The lowest BCUT2D eigenvalue weighted by atomic mass is 9.94. The highest BCUT2D eigenvalue weighted by molar-refractivity contribution is 5.03. The van der Waals surface area contributed by atoms with Crippen molar-refractivity contribution in [3.05, 3.63) is 11.7 Å². The lowest BCUT2D eigenvalue weighted by Crippen LogP contribution is -2.18. The lowest BCUT2D eigenvalue weighted by Gasteiger charge is -2.13. The minimum atomic E-state index is -4.29. The molecule has 2 fully saturated rings. The van der Waals surface area contributed by atoms with Crippen LogP contribution >= 0.6 is 0 Å². The summed E-state index contributed by atoms with van der Waals surface area (Å²) in [7, 11) is 0. The van der Waals surface area contributed by atoms with Crippen LogP contribution in [0, 0.1) is 11.8 Å². The molecule has 3 unspecified atom stereocenters. The van der Waals surface area contributed by atoms with Gasteiger partial charge in [0.1, 0.15) is 6.42 Å². The molecule has 0 spiro atoms. The van der Waals surface area contributed by atoms with E-state index < -0.39 is 12.6 Å². The van der Waals surface area contributed by atoms with E-state index in [1.807, 2.05) is 0 Å². The zero-order valence-electron chi connectivity index (χ0n) is 9.70. The Labute approximate surface area is 102 Å². The first kappa shape index (κ1) is 12.0. The van der Waals surface area contributed by atoms with Crippen LogP contribution in [0.2, 0.25) is 0 Å². The molecule has 0 amide bonds. The molecule has 0 aromatic carbocycles. The Bertz CT molecular complexity index is 431. The third kappa shape index (κ3) is 2.23. The van der Waals surface area contributed by atoms with Crippen LogP contribution in [-0.2, 0) is 6.42 Å². The summed E-state index contributed by atoms with van der Waals surface area (Å²) in [5.41, 5.74) is 0. The van der Waals surface area contributed by atoms with Crippen molar-refractivity contribution in [2.24, 2.45) is 11.8 Å². The van der Waals surface area contributed by atoms with Gasteiger partial charge in [0.05, 0.1) is 6.04 Å². The first-order valence-electron chi connectivity index (χ1n) is 6.15. The van der Waals surface area contributed by atoms with Crippen LogP contribution in [0.5, 0.6) is 0 Å². The molecule has 1 aromatic rings. The van der Waals surface area contributed by atoms with E-state index in [2.05, 4.69) is 15.5 Å². The molecule has 3 atom stereocenters. The molecule has 2 heterocycles. The Kier molecular flexibility index (Phi) is 2.80. The summed E-state index contributed by atoms with van der Waals surface area (Å²) in [5, 5.41) is 6.69. The molecular weight excluding hydrogens is 247 g/mol. The van der Waals surface area contributed by atoms with Gasteiger partial charge in [-0.2, -0.15) is 18.2 Å². The van der Waals surface area contributed by atoms with Crippen LogP contribution < -0.4 is 5.32 Å². The van der Waals surface area contributed by atoms with E-state index >= 15 is 0 Å². The number of hydrogen-bond donors (Lipinski definition) is 1. The molecule has 0 radical (unpaired) electrons. The molecule has 3 rings (SSSR count). The summed E-state index contributed by atoms with van der Waals surface area (Å²) in [6.45, 7) is 0.895. The van der Waals surface area contributed by atoms with Crippen LogP contribution in [0.3, 0.4) is 0 Å². The van der Waals surface area contributed by atoms with Crippen LogP contribution in [0.15, 0.2) is 4.52 Å². The predicted octanol–water partition coefficient (Wildman–Crippen LogP) is 2.23. The smallest absolute Gasteiger partial charge is 0.338 e. The van der Waals surface area contributed by atoms with E-state index in [-0.39, 0.29) is 11.9 Å². The van der Waals surface area contributed by atoms with Crippen LogP contribution in [0.4, 0.5) is 13.2 Å². The van der Waals surface area contributed by atoms with Gasteiger partial charge in [0, 0.05) is 0 Å². The van der Waals surface area contributed by atoms with Crippen molar-refractivity contribution in [2.75, 3.05) is 6.54 Å². The highest BCUT2D eigenvalue weighted by Gasteiger charge is 2.42. The molecule has 1 saturated carbocycles. The van der Waals surface area contributed by atoms with Crippen LogP contribution in [0.25, 0.3) is 0 Å². The minimum absolute atomic E-state index is 0.0630. The standard InChI is InChI=1S/C11H14F3N3O/c12-11(13,14)4-8-16-10(18-17-8)9-7-3-1-2-6(7)5-15-9/h6-7,9,15H,1-5H2. The van der Waals surface area contributed by atoms with Gasteiger partial charge in [-0.1, -0.05) is 11.6 Å². The molecule has 1 saturated heterocycles. The fraction of sp³-hybridized carbons (Fsp3) is 0.818. The first-order valence-corrected chi connectivity index (χ1v) is 6.15. The summed E-state index contributed by atoms with van der Waals surface area (Å²) in [5.74, 6) is 1.07. The Morgan fingerprint density at radius 1 is 1.33 bits per heavy atom. The third-order valence-electron chi connectivity index (χ3n) is 3.85. The average molecular weight is 261 g/mol. The van der Waals surface area contributed by atoms with Gasteiger partial charge >= 0.3 is 6.18 Å². The number of alkyl halides is 3. The van der Waals surface area contributed by atoms with E-state index in [1.54, 1.807) is 0 Å². The molecule has 4 nitrogen and oxygen atoms in total. The number of fused-ring (bicyclic) bond motifs is 1. The molecule has 2 aliphatic rings. The summed E-state index contributed by atoms with van der Waals surface area (Å²) < 4.78 is 41.6. The Hall–Kier alpha value is -1.11. The SMILES string of the molecule is FC(F)(F)Cc1noc(C2NCC3CCCC32)n1. The number of aromatic nitrogens is 2. The molecule has 7 heteroatoms. The average Bonchev–Trinajstić information content (AvgIpc) is 2.88. The predicted molar refractivity (Wildman–Crippen MR) is 55.6 cm³/mol. The number of halogens is 3. The van der Waals surface area contributed by atoms with E-state index in [0.29, 0.717) is 17.7 Å². The fourth-order valence-corrected chi connectivity index (χ4v) is 3.10. The molecule has 1 aliphatic carbocycles.